The normalized spacial score (nSPS) is 17.6. The minimum atomic E-state index is -0.0697. The first-order valence-corrected chi connectivity index (χ1v) is 8.86. The first kappa shape index (κ1) is 16.1. The molecule has 5 nitrogen and oxygen atoms in total. The molecular formula is C20H23NO4. The van der Waals surface area contributed by atoms with Gasteiger partial charge >= 0.3 is 0 Å². The lowest BCUT2D eigenvalue weighted by molar-refractivity contribution is 0.173. The van der Waals surface area contributed by atoms with Gasteiger partial charge in [-0.3, -0.25) is 4.90 Å². The molecule has 2 aliphatic rings. The summed E-state index contributed by atoms with van der Waals surface area (Å²) < 4.78 is 16.8. The Hall–Kier alpha value is -2.40. The number of ether oxygens (including phenoxy) is 3. The summed E-state index contributed by atoms with van der Waals surface area (Å²) in [6, 6.07) is 11.6. The third-order valence-electron chi connectivity index (χ3n) is 4.84. The van der Waals surface area contributed by atoms with E-state index in [-0.39, 0.29) is 18.6 Å². The molecule has 25 heavy (non-hydrogen) atoms. The molecule has 1 fully saturated rings. The number of aromatic hydroxyl groups is 1. The average Bonchev–Trinajstić information content (AvgIpc) is 3.29. The predicted octanol–water partition coefficient (Wildman–Crippen LogP) is 3.70. The van der Waals surface area contributed by atoms with Crippen LogP contribution in [0.1, 0.15) is 36.9 Å². The van der Waals surface area contributed by atoms with Gasteiger partial charge < -0.3 is 19.3 Å². The fraction of sp³-hybridized carbons (Fsp3) is 0.400. The maximum Gasteiger partial charge on any atom is 0.231 e. The number of likely N-dealkylation sites (tertiary alicyclic amines) is 1. The van der Waals surface area contributed by atoms with Gasteiger partial charge in [0, 0.05) is 17.2 Å². The predicted molar refractivity (Wildman–Crippen MR) is 94.5 cm³/mol. The maximum absolute atomic E-state index is 10.7. The van der Waals surface area contributed by atoms with Crippen molar-refractivity contribution < 1.29 is 19.3 Å². The highest BCUT2D eigenvalue weighted by Gasteiger charge is 2.31. The molecule has 0 spiro atoms. The van der Waals surface area contributed by atoms with Gasteiger partial charge in [0.2, 0.25) is 6.79 Å². The number of hydrogen-bond donors (Lipinski definition) is 1. The largest absolute Gasteiger partial charge is 0.507 e. The number of hydrogen-bond acceptors (Lipinski definition) is 5. The molecule has 0 saturated carbocycles. The fourth-order valence-corrected chi connectivity index (χ4v) is 3.72. The van der Waals surface area contributed by atoms with E-state index in [1.54, 1.807) is 6.07 Å². The van der Waals surface area contributed by atoms with Gasteiger partial charge in [0.1, 0.15) is 11.5 Å². The van der Waals surface area contributed by atoms with Crippen LogP contribution in [0.5, 0.6) is 23.0 Å². The van der Waals surface area contributed by atoms with Crippen LogP contribution in [0.15, 0.2) is 36.4 Å². The van der Waals surface area contributed by atoms with Gasteiger partial charge in [-0.05, 0) is 45.0 Å². The van der Waals surface area contributed by atoms with Gasteiger partial charge in [0.15, 0.2) is 11.5 Å². The molecule has 2 aromatic carbocycles. The van der Waals surface area contributed by atoms with Crippen LogP contribution >= 0.6 is 0 Å². The highest BCUT2D eigenvalue weighted by molar-refractivity contribution is 5.55. The topological polar surface area (TPSA) is 51.2 Å². The van der Waals surface area contributed by atoms with Crippen molar-refractivity contribution in [2.45, 2.75) is 25.8 Å². The van der Waals surface area contributed by atoms with Crippen molar-refractivity contribution in [3.05, 3.63) is 47.5 Å². The molecule has 0 unspecified atom stereocenters. The van der Waals surface area contributed by atoms with Crippen LogP contribution in [0.4, 0.5) is 0 Å². The van der Waals surface area contributed by atoms with Gasteiger partial charge in [-0.1, -0.05) is 18.2 Å². The molecular weight excluding hydrogens is 318 g/mol. The Kier molecular flexibility index (Phi) is 4.40. The first-order chi connectivity index (χ1) is 12.3. The van der Waals surface area contributed by atoms with Crippen LogP contribution in [0.25, 0.3) is 0 Å². The molecule has 2 aliphatic heterocycles. The zero-order valence-electron chi connectivity index (χ0n) is 14.4. The highest BCUT2D eigenvalue weighted by atomic mass is 16.7. The molecule has 4 rings (SSSR count). The molecule has 1 N–H and O–H groups in total. The van der Waals surface area contributed by atoms with Crippen molar-refractivity contribution in [2.75, 3.05) is 26.5 Å². The zero-order valence-corrected chi connectivity index (χ0v) is 14.4. The van der Waals surface area contributed by atoms with Crippen molar-refractivity contribution in [3.63, 3.8) is 0 Å². The monoisotopic (exact) mass is 341 g/mol. The quantitative estimate of drug-likeness (QED) is 0.898. The Morgan fingerprint density at radius 1 is 1.08 bits per heavy atom. The molecule has 0 amide bonds. The molecule has 0 bridgehead atoms. The van der Waals surface area contributed by atoms with Gasteiger partial charge in [-0.2, -0.15) is 0 Å². The first-order valence-electron chi connectivity index (χ1n) is 8.86. The van der Waals surface area contributed by atoms with E-state index in [9.17, 15) is 5.11 Å². The summed E-state index contributed by atoms with van der Waals surface area (Å²) in [5, 5.41) is 10.7. The van der Waals surface area contributed by atoms with Crippen molar-refractivity contribution in [1.82, 2.24) is 4.90 Å². The van der Waals surface area contributed by atoms with E-state index in [1.807, 2.05) is 31.2 Å². The number of benzene rings is 2. The summed E-state index contributed by atoms with van der Waals surface area (Å²) >= 11 is 0. The van der Waals surface area contributed by atoms with Crippen LogP contribution < -0.4 is 14.2 Å². The van der Waals surface area contributed by atoms with Crippen molar-refractivity contribution in [3.8, 4) is 23.0 Å². The molecule has 2 aromatic rings. The number of para-hydroxylation sites is 1. The summed E-state index contributed by atoms with van der Waals surface area (Å²) in [6.45, 7) is 4.79. The van der Waals surface area contributed by atoms with E-state index in [0.717, 1.165) is 30.0 Å². The zero-order chi connectivity index (χ0) is 17.2. The van der Waals surface area contributed by atoms with Crippen LogP contribution in [0, 0.1) is 0 Å². The van der Waals surface area contributed by atoms with Crippen molar-refractivity contribution in [2.24, 2.45) is 0 Å². The van der Waals surface area contributed by atoms with Gasteiger partial charge in [-0.25, -0.2) is 0 Å². The minimum Gasteiger partial charge on any atom is -0.507 e. The minimum absolute atomic E-state index is 0.0697. The molecule has 0 aromatic heterocycles. The standard InChI is InChI=1S/C20H23NO4/c1-2-23-17-8-4-3-7-14(17)20(21-9-5-6-10-21)15-11-18-19(12-16(15)22)25-13-24-18/h3-4,7-8,11-12,20,22H,2,5-6,9-10,13H2,1H3/t20-/m1/s1. The van der Waals surface area contributed by atoms with Gasteiger partial charge in [0.05, 0.1) is 12.6 Å². The Morgan fingerprint density at radius 3 is 2.56 bits per heavy atom. The van der Waals surface area contributed by atoms with Crippen LogP contribution in [-0.4, -0.2) is 36.5 Å². The summed E-state index contributed by atoms with van der Waals surface area (Å²) in [6.07, 6.45) is 2.33. The van der Waals surface area contributed by atoms with Gasteiger partial charge in [0.25, 0.3) is 0 Å². The van der Waals surface area contributed by atoms with E-state index in [4.69, 9.17) is 14.2 Å². The molecule has 0 radical (unpaired) electrons. The summed E-state index contributed by atoms with van der Waals surface area (Å²) in [4.78, 5) is 2.40. The smallest absolute Gasteiger partial charge is 0.231 e. The van der Waals surface area contributed by atoms with E-state index >= 15 is 0 Å². The van der Waals surface area contributed by atoms with E-state index < -0.39 is 0 Å². The lowest BCUT2D eigenvalue weighted by Gasteiger charge is -2.30. The Labute approximate surface area is 147 Å². The second kappa shape index (κ2) is 6.84. The Morgan fingerprint density at radius 2 is 1.80 bits per heavy atom. The van der Waals surface area contributed by atoms with Crippen LogP contribution in [-0.2, 0) is 0 Å². The van der Waals surface area contributed by atoms with Crippen molar-refractivity contribution >= 4 is 0 Å². The Bertz CT molecular complexity index is 755. The van der Waals surface area contributed by atoms with E-state index in [2.05, 4.69) is 11.0 Å². The van der Waals surface area contributed by atoms with Crippen LogP contribution in [0.2, 0.25) is 0 Å². The number of nitrogens with zero attached hydrogens (tertiary/aromatic N) is 1. The SMILES string of the molecule is CCOc1ccccc1[C@H](c1cc2c(cc1O)OCO2)N1CCCC1. The molecule has 1 atom stereocenters. The molecule has 2 heterocycles. The third-order valence-corrected chi connectivity index (χ3v) is 4.84. The van der Waals surface area contributed by atoms with Crippen molar-refractivity contribution in [1.29, 1.82) is 0 Å². The van der Waals surface area contributed by atoms with Crippen LogP contribution in [0.3, 0.4) is 0 Å². The average molecular weight is 341 g/mol. The van der Waals surface area contributed by atoms with E-state index in [0.29, 0.717) is 18.1 Å². The lowest BCUT2D eigenvalue weighted by Crippen LogP contribution is -2.27. The molecule has 5 heteroatoms. The second-order valence-corrected chi connectivity index (χ2v) is 6.38. The highest BCUT2D eigenvalue weighted by Crippen LogP contribution is 2.45. The number of phenols is 1. The molecule has 1 saturated heterocycles. The third kappa shape index (κ3) is 3.00. The molecule has 0 aliphatic carbocycles. The fourth-order valence-electron chi connectivity index (χ4n) is 3.72. The number of phenolic OH excluding ortho intramolecular Hbond substituents is 1. The number of fused-ring (bicyclic) bond motifs is 1. The van der Waals surface area contributed by atoms with Gasteiger partial charge in [-0.15, -0.1) is 0 Å². The Balaban J connectivity index is 1.83. The van der Waals surface area contributed by atoms with E-state index in [1.165, 1.54) is 12.8 Å². The molecule has 132 valence electrons. The summed E-state index contributed by atoms with van der Waals surface area (Å²) in [5.74, 6) is 2.37. The second-order valence-electron chi connectivity index (χ2n) is 6.38. The summed E-state index contributed by atoms with van der Waals surface area (Å²) in [5.41, 5.74) is 1.90. The lowest BCUT2D eigenvalue weighted by atomic mass is 9.95. The summed E-state index contributed by atoms with van der Waals surface area (Å²) in [7, 11) is 0. The number of rotatable bonds is 5. The maximum atomic E-state index is 10.7.